The van der Waals surface area contributed by atoms with Crippen LogP contribution < -0.4 is 0 Å². The number of halogens is 2. The van der Waals surface area contributed by atoms with Gasteiger partial charge in [0.1, 0.15) is 11.4 Å². The second-order valence-corrected chi connectivity index (χ2v) is 4.95. The van der Waals surface area contributed by atoms with Crippen LogP contribution >= 0.6 is 11.6 Å². The lowest BCUT2D eigenvalue weighted by Gasteiger charge is -2.20. The third-order valence-corrected chi connectivity index (χ3v) is 3.70. The quantitative estimate of drug-likeness (QED) is 0.903. The van der Waals surface area contributed by atoms with Gasteiger partial charge in [-0.1, -0.05) is 17.7 Å². The van der Waals surface area contributed by atoms with Crippen molar-refractivity contribution in [1.82, 2.24) is 0 Å². The van der Waals surface area contributed by atoms with Crippen LogP contribution in [0.4, 0.5) is 4.39 Å². The molecule has 1 aliphatic carbocycles. The van der Waals surface area contributed by atoms with Crippen LogP contribution in [0.25, 0.3) is 0 Å². The molecule has 0 unspecified atom stereocenters. The minimum atomic E-state index is -1.27. The summed E-state index contributed by atoms with van der Waals surface area (Å²) in [6.45, 7) is 0. The first-order valence-electron chi connectivity index (χ1n) is 5.71. The number of rotatable bonds is 3. The van der Waals surface area contributed by atoms with E-state index in [1.165, 1.54) is 12.1 Å². The van der Waals surface area contributed by atoms with Crippen molar-refractivity contribution in [3.05, 3.63) is 34.6 Å². The molecule has 92 valence electrons. The molecule has 0 atom stereocenters. The number of Topliss-reactive ketones (excluding diaryl/α,β-unsaturated/α-hetero) is 1. The van der Waals surface area contributed by atoms with Crippen molar-refractivity contribution in [3.63, 3.8) is 0 Å². The topological polar surface area (TPSA) is 37.3 Å². The Balaban J connectivity index is 2.18. The molecule has 2 rings (SSSR count). The molecule has 0 bridgehead atoms. The maximum atomic E-state index is 13.5. The average Bonchev–Trinajstić information content (AvgIpc) is 2.72. The van der Waals surface area contributed by atoms with Crippen LogP contribution in [-0.2, 0) is 11.2 Å². The summed E-state index contributed by atoms with van der Waals surface area (Å²) in [7, 11) is 0. The molecule has 17 heavy (non-hydrogen) atoms. The molecule has 1 aromatic carbocycles. The minimum Gasteiger partial charge on any atom is -0.382 e. The summed E-state index contributed by atoms with van der Waals surface area (Å²) in [6, 6.07) is 4.31. The Bertz CT molecular complexity index is 419. The van der Waals surface area contributed by atoms with Crippen LogP contribution in [0.2, 0.25) is 5.02 Å². The van der Waals surface area contributed by atoms with E-state index >= 15 is 0 Å². The van der Waals surface area contributed by atoms with E-state index in [-0.39, 0.29) is 22.8 Å². The van der Waals surface area contributed by atoms with Crippen LogP contribution in [0.3, 0.4) is 0 Å². The fraction of sp³-hybridized carbons (Fsp3) is 0.462. The molecule has 1 fully saturated rings. The van der Waals surface area contributed by atoms with E-state index in [4.69, 9.17) is 11.6 Å². The molecule has 0 aliphatic heterocycles. The number of aliphatic hydroxyl groups is 1. The van der Waals surface area contributed by atoms with Crippen LogP contribution in [-0.4, -0.2) is 16.5 Å². The fourth-order valence-corrected chi connectivity index (χ4v) is 2.49. The summed E-state index contributed by atoms with van der Waals surface area (Å²) in [5.41, 5.74) is -1.09. The highest BCUT2D eigenvalue weighted by Crippen LogP contribution is 2.32. The predicted octanol–water partition coefficient (Wildman–Crippen LogP) is 2.90. The maximum absolute atomic E-state index is 13.5. The van der Waals surface area contributed by atoms with Crippen molar-refractivity contribution < 1.29 is 14.3 Å². The number of carbonyl (C=O) groups is 1. The van der Waals surface area contributed by atoms with Crippen LogP contribution in [0.5, 0.6) is 0 Å². The third kappa shape index (κ3) is 2.50. The van der Waals surface area contributed by atoms with Gasteiger partial charge in [-0.15, -0.1) is 0 Å². The summed E-state index contributed by atoms with van der Waals surface area (Å²) < 4.78 is 13.5. The Morgan fingerprint density at radius 3 is 2.65 bits per heavy atom. The second-order valence-electron chi connectivity index (χ2n) is 4.54. The van der Waals surface area contributed by atoms with E-state index in [1.54, 1.807) is 6.07 Å². The molecule has 1 aromatic rings. The summed E-state index contributed by atoms with van der Waals surface area (Å²) in [4.78, 5) is 12.0. The first kappa shape index (κ1) is 12.5. The number of benzene rings is 1. The van der Waals surface area contributed by atoms with E-state index in [1.807, 2.05) is 0 Å². The van der Waals surface area contributed by atoms with Gasteiger partial charge in [0.25, 0.3) is 0 Å². The molecule has 1 N–H and O–H groups in total. The molecule has 1 saturated carbocycles. The summed E-state index contributed by atoms with van der Waals surface area (Å²) >= 11 is 5.85. The van der Waals surface area contributed by atoms with E-state index in [9.17, 15) is 14.3 Å². The van der Waals surface area contributed by atoms with Crippen molar-refractivity contribution in [2.75, 3.05) is 0 Å². The molecule has 1 aliphatic rings. The second kappa shape index (κ2) is 4.75. The molecular weight excluding hydrogens is 243 g/mol. The fourth-order valence-electron chi connectivity index (χ4n) is 2.27. The van der Waals surface area contributed by atoms with Crippen molar-refractivity contribution in [2.24, 2.45) is 0 Å². The van der Waals surface area contributed by atoms with Crippen molar-refractivity contribution in [1.29, 1.82) is 0 Å². The molecule has 0 aromatic heterocycles. The van der Waals surface area contributed by atoms with Gasteiger partial charge in [-0.25, -0.2) is 4.39 Å². The van der Waals surface area contributed by atoms with Crippen LogP contribution in [0.15, 0.2) is 18.2 Å². The number of carbonyl (C=O) groups excluding carboxylic acids is 1. The van der Waals surface area contributed by atoms with E-state index in [0.717, 1.165) is 12.8 Å². The van der Waals surface area contributed by atoms with Gasteiger partial charge >= 0.3 is 0 Å². The van der Waals surface area contributed by atoms with Crippen LogP contribution in [0, 0.1) is 5.82 Å². The monoisotopic (exact) mass is 256 g/mol. The van der Waals surface area contributed by atoms with Crippen molar-refractivity contribution in [3.8, 4) is 0 Å². The molecule has 0 amide bonds. The lowest BCUT2D eigenvalue weighted by atomic mass is 9.92. The SMILES string of the molecule is O=C(Cc1c(F)cccc1Cl)C1(O)CCCC1. The van der Waals surface area contributed by atoms with E-state index in [0.29, 0.717) is 12.8 Å². The standard InChI is InChI=1S/C13H14ClFO2/c14-10-4-3-5-11(15)9(10)8-12(16)13(17)6-1-2-7-13/h3-5,17H,1-2,6-8H2. The van der Waals surface area contributed by atoms with E-state index in [2.05, 4.69) is 0 Å². The van der Waals surface area contributed by atoms with Gasteiger partial charge < -0.3 is 5.11 Å². The lowest BCUT2D eigenvalue weighted by molar-refractivity contribution is -0.136. The third-order valence-electron chi connectivity index (χ3n) is 3.35. The Hall–Kier alpha value is -0.930. The average molecular weight is 257 g/mol. The molecule has 0 radical (unpaired) electrons. The molecule has 4 heteroatoms. The molecule has 2 nitrogen and oxygen atoms in total. The zero-order valence-electron chi connectivity index (χ0n) is 9.38. The van der Waals surface area contributed by atoms with Gasteiger partial charge in [0, 0.05) is 17.0 Å². The van der Waals surface area contributed by atoms with Gasteiger partial charge in [0.05, 0.1) is 0 Å². The number of ketones is 1. The largest absolute Gasteiger partial charge is 0.382 e. The maximum Gasteiger partial charge on any atom is 0.168 e. The Labute approximate surface area is 104 Å². The molecule has 0 spiro atoms. The first-order valence-corrected chi connectivity index (χ1v) is 6.09. The smallest absolute Gasteiger partial charge is 0.168 e. The van der Waals surface area contributed by atoms with Crippen LogP contribution in [0.1, 0.15) is 31.2 Å². The minimum absolute atomic E-state index is 0.137. The predicted molar refractivity (Wildman–Crippen MR) is 63.5 cm³/mol. The van der Waals surface area contributed by atoms with E-state index < -0.39 is 11.4 Å². The highest BCUT2D eigenvalue weighted by molar-refractivity contribution is 6.31. The highest BCUT2D eigenvalue weighted by atomic mass is 35.5. The summed E-state index contributed by atoms with van der Waals surface area (Å²) in [5.74, 6) is -0.825. The molecule has 0 saturated heterocycles. The Kier molecular flexibility index (Phi) is 3.50. The highest BCUT2D eigenvalue weighted by Gasteiger charge is 2.38. The van der Waals surface area contributed by atoms with Gasteiger partial charge in [0.15, 0.2) is 5.78 Å². The van der Waals surface area contributed by atoms with Gasteiger partial charge in [-0.2, -0.15) is 0 Å². The molecule has 0 heterocycles. The number of hydrogen-bond donors (Lipinski definition) is 1. The van der Waals surface area contributed by atoms with Crippen molar-refractivity contribution >= 4 is 17.4 Å². The van der Waals surface area contributed by atoms with Gasteiger partial charge in [-0.05, 0) is 37.8 Å². The zero-order chi connectivity index (χ0) is 12.5. The molecular formula is C13H14ClFO2. The Morgan fingerprint density at radius 2 is 2.06 bits per heavy atom. The lowest BCUT2D eigenvalue weighted by Crippen LogP contribution is -2.36. The summed E-state index contributed by atoms with van der Waals surface area (Å²) in [5, 5.41) is 10.3. The number of hydrogen-bond acceptors (Lipinski definition) is 2. The normalized spacial score (nSPS) is 18.3. The van der Waals surface area contributed by atoms with Gasteiger partial charge in [0.2, 0.25) is 0 Å². The summed E-state index contributed by atoms with van der Waals surface area (Å²) in [6.07, 6.45) is 2.48. The Morgan fingerprint density at radius 1 is 1.41 bits per heavy atom. The van der Waals surface area contributed by atoms with Crippen molar-refractivity contribution in [2.45, 2.75) is 37.7 Å². The zero-order valence-corrected chi connectivity index (χ0v) is 10.1. The first-order chi connectivity index (χ1) is 8.03. The van der Waals surface area contributed by atoms with Gasteiger partial charge in [-0.3, -0.25) is 4.79 Å².